The molecule has 1 aliphatic rings. The van der Waals surface area contributed by atoms with Crippen LogP contribution in [0.1, 0.15) is 38.4 Å². The molecule has 1 atom stereocenters. The van der Waals surface area contributed by atoms with Crippen molar-refractivity contribution in [2.45, 2.75) is 45.7 Å². The smallest absolute Gasteiger partial charge is 0.129 e. The Bertz CT molecular complexity index is 1130. The van der Waals surface area contributed by atoms with Gasteiger partial charge in [0.2, 0.25) is 0 Å². The van der Waals surface area contributed by atoms with Gasteiger partial charge in [-0.2, -0.15) is 0 Å². The Morgan fingerprint density at radius 2 is 1.84 bits per heavy atom. The Hall–Kier alpha value is -3.06. The number of anilines is 2. The first-order valence-corrected chi connectivity index (χ1v) is 10.7. The Morgan fingerprint density at radius 3 is 2.58 bits per heavy atom. The van der Waals surface area contributed by atoms with Crippen molar-refractivity contribution in [1.29, 1.82) is 0 Å². The van der Waals surface area contributed by atoms with Crippen molar-refractivity contribution in [3.8, 4) is 11.4 Å². The van der Waals surface area contributed by atoms with Crippen LogP contribution in [0.25, 0.3) is 22.4 Å². The molecule has 7 heteroatoms. The zero-order chi connectivity index (χ0) is 22.2. The molecule has 3 aromatic rings. The van der Waals surface area contributed by atoms with Gasteiger partial charge in [-0.25, -0.2) is 15.0 Å². The van der Waals surface area contributed by atoms with E-state index in [0.717, 1.165) is 59.0 Å². The molecule has 0 aromatic carbocycles. The van der Waals surface area contributed by atoms with Crippen molar-refractivity contribution in [3.63, 3.8) is 0 Å². The van der Waals surface area contributed by atoms with Crippen LogP contribution in [0.15, 0.2) is 35.3 Å². The monoisotopic (exact) mass is 417 g/mol. The molecule has 0 spiro atoms. The molecule has 31 heavy (non-hydrogen) atoms. The molecule has 7 nitrogen and oxygen atoms in total. The predicted octanol–water partition coefficient (Wildman–Crippen LogP) is 3.60. The fourth-order valence-corrected chi connectivity index (χ4v) is 4.10. The van der Waals surface area contributed by atoms with Crippen LogP contribution in [0.2, 0.25) is 0 Å². The number of hydrogen-bond donors (Lipinski definition) is 2. The quantitative estimate of drug-likeness (QED) is 0.630. The van der Waals surface area contributed by atoms with E-state index in [4.69, 9.17) is 15.7 Å². The van der Waals surface area contributed by atoms with E-state index in [-0.39, 0.29) is 5.54 Å². The summed E-state index contributed by atoms with van der Waals surface area (Å²) < 4.78 is 0. The highest BCUT2D eigenvalue weighted by atomic mass is 15.2. The number of nitrogen functional groups attached to an aromatic ring is 1. The van der Waals surface area contributed by atoms with E-state index in [1.807, 2.05) is 31.2 Å². The molecule has 0 bridgehead atoms. The van der Waals surface area contributed by atoms with Gasteiger partial charge in [-0.3, -0.25) is 4.99 Å². The van der Waals surface area contributed by atoms with Gasteiger partial charge in [0.05, 0.1) is 33.8 Å². The van der Waals surface area contributed by atoms with Crippen LogP contribution in [0.4, 0.5) is 11.5 Å². The molecular formula is C24H31N7. The second-order valence-electron chi connectivity index (χ2n) is 9.21. The molecule has 4 rings (SSSR count). The van der Waals surface area contributed by atoms with Gasteiger partial charge in [-0.15, -0.1) is 0 Å². The first-order valence-electron chi connectivity index (χ1n) is 10.7. The van der Waals surface area contributed by atoms with Crippen LogP contribution in [0.3, 0.4) is 0 Å². The lowest BCUT2D eigenvalue weighted by Crippen LogP contribution is -2.44. The second-order valence-corrected chi connectivity index (χ2v) is 9.21. The molecule has 1 aliphatic heterocycles. The highest BCUT2D eigenvalue weighted by molar-refractivity contribution is 5.89. The Kier molecular flexibility index (Phi) is 5.62. The highest BCUT2D eigenvalue weighted by Gasteiger charge is 2.26. The second kappa shape index (κ2) is 8.23. The third-order valence-electron chi connectivity index (χ3n) is 5.49. The van der Waals surface area contributed by atoms with Crippen LogP contribution in [0, 0.1) is 6.92 Å². The summed E-state index contributed by atoms with van der Waals surface area (Å²) in [7, 11) is 1.73. The maximum Gasteiger partial charge on any atom is 0.129 e. The lowest BCUT2D eigenvalue weighted by molar-refractivity contribution is 0.373. The van der Waals surface area contributed by atoms with Crippen LogP contribution >= 0.6 is 0 Å². The predicted molar refractivity (Wildman–Crippen MR) is 129 cm³/mol. The van der Waals surface area contributed by atoms with Gasteiger partial charge in [0, 0.05) is 43.5 Å². The van der Waals surface area contributed by atoms with Gasteiger partial charge >= 0.3 is 0 Å². The van der Waals surface area contributed by atoms with Gasteiger partial charge in [0.15, 0.2) is 0 Å². The summed E-state index contributed by atoms with van der Waals surface area (Å²) in [5.41, 5.74) is 11.8. The van der Waals surface area contributed by atoms with E-state index in [2.05, 4.69) is 47.0 Å². The molecule has 0 amide bonds. The molecule has 1 unspecified atom stereocenters. The average Bonchev–Trinajstić information content (AvgIpc) is 3.17. The molecule has 3 aromatic heterocycles. The molecule has 1 saturated heterocycles. The van der Waals surface area contributed by atoms with E-state index < -0.39 is 0 Å². The van der Waals surface area contributed by atoms with Crippen LogP contribution < -0.4 is 16.0 Å². The molecule has 0 radical (unpaired) electrons. The number of rotatable bonds is 4. The fraction of sp³-hybridized carbons (Fsp3) is 0.417. The first kappa shape index (κ1) is 21.2. The number of nitrogens with two attached hydrogens (primary N) is 1. The van der Waals surface area contributed by atoms with Crippen LogP contribution in [-0.2, 0) is 0 Å². The molecular weight excluding hydrogens is 386 g/mol. The van der Waals surface area contributed by atoms with Gasteiger partial charge in [0.25, 0.3) is 0 Å². The summed E-state index contributed by atoms with van der Waals surface area (Å²) in [5.74, 6) is 1.00. The number of aryl methyl sites for hydroxylation is 1. The molecule has 162 valence electrons. The van der Waals surface area contributed by atoms with E-state index in [9.17, 15) is 0 Å². The van der Waals surface area contributed by atoms with Crippen molar-refractivity contribution in [3.05, 3.63) is 41.6 Å². The summed E-state index contributed by atoms with van der Waals surface area (Å²) in [5, 5.41) is 3.70. The summed E-state index contributed by atoms with van der Waals surface area (Å²) >= 11 is 0. The normalized spacial score (nSPS) is 17.2. The largest absolute Gasteiger partial charge is 0.397 e. The third-order valence-corrected chi connectivity index (χ3v) is 5.49. The van der Waals surface area contributed by atoms with Crippen LogP contribution in [-0.4, -0.2) is 52.9 Å². The topological polar surface area (TPSA) is 92.3 Å². The van der Waals surface area contributed by atoms with E-state index in [0.29, 0.717) is 11.7 Å². The summed E-state index contributed by atoms with van der Waals surface area (Å²) in [4.78, 5) is 20.7. The number of hydrogen-bond acceptors (Lipinski definition) is 7. The highest BCUT2D eigenvalue weighted by Crippen LogP contribution is 2.26. The SMILES string of the molecule is CN=Cc1cc(-c2ccc3nc(N4CCC(NC(C)(C)C)C4)ccc3n2)nc(C)c1N. The Labute approximate surface area is 183 Å². The number of pyridine rings is 3. The lowest BCUT2D eigenvalue weighted by atomic mass is 10.1. The van der Waals surface area contributed by atoms with E-state index >= 15 is 0 Å². The minimum atomic E-state index is 0.120. The van der Waals surface area contributed by atoms with Crippen molar-refractivity contribution in [2.75, 3.05) is 30.8 Å². The molecule has 3 N–H and O–H groups in total. The zero-order valence-corrected chi connectivity index (χ0v) is 19.0. The van der Waals surface area contributed by atoms with Gasteiger partial charge in [-0.1, -0.05) is 0 Å². The lowest BCUT2D eigenvalue weighted by Gasteiger charge is -2.26. The van der Waals surface area contributed by atoms with E-state index in [1.54, 1.807) is 13.3 Å². The van der Waals surface area contributed by atoms with Crippen molar-refractivity contribution in [2.24, 2.45) is 4.99 Å². The average molecular weight is 418 g/mol. The number of nitrogens with zero attached hydrogens (tertiary/aromatic N) is 5. The summed E-state index contributed by atoms with van der Waals surface area (Å²) in [6.45, 7) is 10.5. The minimum absolute atomic E-state index is 0.120. The van der Waals surface area contributed by atoms with Gasteiger partial charge in [0.1, 0.15) is 5.82 Å². The van der Waals surface area contributed by atoms with Gasteiger partial charge < -0.3 is 16.0 Å². The number of nitrogens with one attached hydrogen (secondary N) is 1. The molecule has 1 fully saturated rings. The standard InChI is InChI=1S/C24H31N7/c1-15-23(25)16(13-26-5)12-21(27-15)20-7-6-19-18(28-20)8-9-22(29-19)31-11-10-17(14-31)30-24(2,3)4/h6-9,12-13,17,30H,10-11,14,25H2,1-5H3. The van der Waals surface area contributed by atoms with Crippen molar-refractivity contribution < 1.29 is 0 Å². The summed E-state index contributed by atoms with van der Waals surface area (Å²) in [6, 6.07) is 10.5. The Balaban J connectivity index is 1.60. The number of aliphatic imine (C=N–C) groups is 1. The number of aromatic nitrogens is 3. The first-order chi connectivity index (χ1) is 14.7. The van der Waals surface area contributed by atoms with Crippen molar-refractivity contribution in [1.82, 2.24) is 20.3 Å². The van der Waals surface area contributed by atoms with Crippen molar-refractivity contribution >= 4 is 28.8 Å². The summed E-state index contributed by atoms with van der Waals surface area (Å²) in [6.07, 6.45) is 2.87. The Morgan fingerprint density at radius 1 is 1.10 bits per heavy atom. The number of fused-ring (bicyclic) bond motifs is 1. The zero-order valence-electron chi connectivity index (χ0n) is 19.0. The molecule has 0 aliphatic carbocycles. The van der Waals surface area contributed by atoms with Gasteiger partial charge in [-0.05, 0) is 64.4 Å². The maximum absolute atomic E-state index is 6.13. The maximum atomic E-state index is 6.13. The fourth-order valence-electron chi connectivity index (χ4n) is 4.10. The third kappa shape index (κ3) is 4.66. The molecule has 0 saturated carbocycles. The minimum Gasteiger partial charge on any atom is -0.397 e. The van der Waals surface area contributed by atoms with Crippen LogP contribution in [0.5, 0.6) is 0 Å². The molecule has 4 heterocycles. The van der Waals surface area contributed by atoms with E-state index in [1.165, 1.54) is 0 Å².